The number of carbonyl (C=O) groups is 1. The Labute approximate surface area is 501 Å². The van der Waals surface area contributed by atoms with Crippen LogP contribution in [0, 0.1) is 59.2 Å². The third kappa shape index (κ3) is 7.21. The van der Waals surface area contributed by atoms with Crippen molar-refractivity contribution in [3.05, 3.63) is 140 Å². The number of H-pyrrole nitrogens is 1. The molecule has 4 fully saturated rings. The van der Waals surface area contributed by atoms with Gasteiger partial charge in [-0.2, -0.15) is 0 Å². The van der Waals surface area contributed by atoms with Gasteiger partial charge in [0.15, 0.2) is 28.0 Å². The van der Waals surface area contributed by atoms with Crippen LogP contribution in [0.5, 0.6) is 17.2 Å². The third-order valence-corrected chi connectivity index (χ3v) is 23.6. The standard InChI is InChI=1S/C70H72N4O13/c1-3-51-45-27-49-35-13-17-66(18-14-35)33-67-19-15-40(66)8-4-6-36-24-47-59-56-38(7-5-21-71-59)28-68(69(83,64(81)61(80)54(79)32-75)29-37-9-12-52(77)42-11-10-41(76)26-44(37)42)20-16-43(56)58(57(36)48(67)30-72-65(67)82)70(47)55(86-87-68)25-39-23-46-53(78)22-34(2)84-63(46)60(62(39)85-70)74(51)31-50(45)73-49/h9-13,17,22-24,26-28,31,35,40,47-48,54-55,57-59,61,64,71,73,75-77,79-81,83H,3,5,7-8,14-16,18-21,25,29-30,32-33H2,1-2H3,(H,72,82). The van der Waals surface area contributed by atoms with Gasteiger partial charge in [-0.3, -0.25) is 9.59 Å². The van der Waals surface area contributed by atoms with Gasteiger partial charge in [0.25, 0.3) is 0 Å². The van der Waals surface area contributed by atoms with E-state index >= 15 is 4.79 Å². The number of rotatable bonds is 8. The Balaban J connectivity index is 0.974. The lowest BCUT2D eigenvalue weighted by Gasteiger charge is -2.63. The first-order valence-electron chi connectivity index (χ1n) is 31.6. The number of phenolic OH excluding ortho intramolecular Hbond substituents is 2. The minimum atomic E-state index is -2.64. The second kappa shape index (κ2) is 18.8. The van der Waals surface area contributed by atoms with Gasteiger partial charge in [0.2, 0.25) is 5.91 Å². The van der Waals surface area contributed by atoms with E-state index in [2.05, 4.69) is 69.4 Å². The Morgan fingerprint density at radius 3 is 2.68 bits per heavy atom. The minimum absolute atomic E-state index is 0.0545. The van der Waals surface area contributed by atoms with Gasteiger partial charge >= 0.3 is 0 Å². The Morgan fingerprint density at radius 2 is 1.85 bits per heavy atom. The maximum absolute atomic E-state index is 15.6. The summed E-state index contributed by atoms with van der Waals surface area (Å²) in [7, 11) is 0. The van der Waals surface area contributed by atoms with Crippen molar-refractivity contribution in [3.63, 3.8) is 0 Å². The summed E-state index contributed by atoms with van der Waals surface area (Å²) in [5.41, 5.74) is 1.40. The number of aromatic hydroxyl groups is 2. The van der Waals surface area contributed by atoms with Crippen LogP contribution >= 0.6 is 0 Å². The van der Waals surface area contributed by atoms with Gasteiger partial charge in [-0.25, -0.2) is 9.78 Å². The van der Waals surface area contributed by atoms with Crippen LogP contribution in [-0.2, 0) is 33.8 Å². The van der Waals surface area contributed by atoms with Gasteiger partial charge < -0.3 is 65.1 Å². The second-order valence-corrected chi connectivity index (χ2v) is 27.6. The number of ether oxygens (including phenoxy) is 1. The summed E-state index contributed by atoms with van der Waals surface area (Å²) >= 11 is 0. The van der Waals surface area contributed by atoms with E-state index in [0.29, 0.717) is 102 Å². The quantitative estimate of drug-likeness (QED) is 0.0410. The number of aromatic nitrogens is 2. The van der Waals surface area contributed by atoms with Crippen molar-refractivity contribution in [1.29, 1.82) is 0 Å². The molecule has 6 aromatic rings. The highest BCUT2D eigenvalue weighted by Gasteiger charge is 2.73. The van der Waals surface area contributed by atoms with Gasteiger partial charge in [-0.15, -0.1) is 0 Å². The van der Waals surface area contributed by atoms with Crippen molar-refractivity contribution in [2.45, 2.75) is 150 Å². The topological polar surface area (TPSA) is 261 Å². The van der Waals surface area contributed by atoms with Crippen LogP contribution in [0.2, 0.25) is 0 Å². The predicted octanol–water partition coefficient (Wildman–Crippen LogP) is 7.24. The van der Waals surface area contributed by atoms with Crippen molar-refractivity contribution >= 4 is 38.6 Å². The van der Waals surface area contributed by atoms with Crippen LogP contribution in [0.25, 0.3) is 38.3 Å². The van der Waals surface area contributed by atoms with Crippen molar-refractivity contribution in [3.8, 4) is 34.8 Å². The van der Waals surface area contributed by atoms with E-state index in [0.717, 1.165) is 63.8 Å². The molecule has 3 spiro atoms. The van der Waals surface area contributed by atoms with Gasteiger partial charge in [-0.1, -0.05) is 48.6 Å². The zero-order valence-corrected chi connectivity index (χ0v) is 48.7. The van der Waals surface area contributed by atoms with Crippen molar-refractivity contribution in [1.82, 2.24) is 20.2 Å². The number of carbonyl (C=O) groups excluding carboxylic acids is 1. The number of phenols is 2. The molecule has 1 saturated carbocycles. The van der Waals surface area contributed by atoms with E-state index in [1.54, 1.807) is 19.1 Å². The van der Waals surface area contributed by atoms with Gasteiger partial charge in [0.1, 0.15) is 53.0 Å². The largest absolute Gasteiger partial charge is 0.508 e. The third-order valence-electron chi connectivity index (χ3n) is 23.6. The Bertz CT molecular complexity index is 4270. The molecule has 0 radical (unpaired) electrons. The van der Waals surface area contributed by atoms with Gasteiger partial charge in [0.05, 0.1) is 22.9 Å². The molecule has 15 aliphatic rings. The molecular formula is C70H72N4O13. The van der Waals surface area contributed by atoms with E-state index in [1.165, 1.54) is 24.3 Å². The zero-order valence-electron chi connectivity index (χ0n) is 48.7. The number of amides is 1. The highest BCUT2D eigenvalue weighted by Crippen LogP contribution is 2.69. The van der Waals surface area contributed by atoms with Crippen LogP contribution < -0.4 is 20.8 Å². The molecule has 16 unspecified atom stereocenters. The van der Waals surface area contributed by atoms with Crippen LogP contribution in [0.1, 0.15) is 105 Å². The Kier molecular flexibility index (Phi) is 11.7. The van der Waals surface area contributed by atoms with Crippen molar-refractivity contribution in [2.75, 3.05) is 19.7 Å². The van der Waals surface area contributed by atoms with Crippen molar-refractivity contribution < 1.29 is 59.5 Å². The molecule has 7 aliphatic carbocycles. The molecular weight excluding hydrogens is 1100 g/mol. The highest BCUT2D eigenvalue weighted by molar-refractivity contribution is 5.94. The molecule has 87 heavy (non-hydrogen) atoms. The summed E-state index contributed by atoms with van der Waals surface area (Å²) < 4.78 is 17.4. The van der Waals surface area contributed by atoms with Crippen molar-refractivity contribution in [2.24, 2.45) is 40.4 Å². The minimum Gasteiger partial charge on any atom is -0.508 e. The number of hydrogen-bond donors (Lipinski definition) is 10. The molecule has 3 aromatic carbocycles. The lowest BCUT2D eigenvalue weighted by Crippen LogP contribution is -2.72. The number of aryl methyl sites for hydroxylation is 2. The Hall–Kier alpha value is -6.98. The predicted molar refractivity (Wildman–Crippen MR) is 321 cm³/mol. The highest BCUT2D eigenvalue weighted by atomic mass is 17.2. The van der Waals surface area contributed by atoms with Crippen LogP contribution in [-0.4, -0.2) is 118 Å². The van der Waals surface area contributed by atoms with E-state index < -0.39 is 83.5 Å². The first kappa shape index (κ1) is 54.2. The molecule has 21 rings (SSSR count). The number of hydrogen-bond acceptors (Lipinski definition) is 14. The normalized spacial score (nSPS) is 34.8. The molecule has 17 nitrogen and oxygen atoms in total. The molecule has 3 aromatic heterocycles. The number of aliphatic hydroxyl groups is 5. The summed E-state index contributed by atoms with van der Waals surface area (Å²) in [4.78, 5) is 48.8. The van der Waals surface area contributed by atoms with Crippen LogP contribution in [0.3, 0.4) is 0 Å². The lowest BCUT2D eigenvalue weighted by atomic mass is 9.44. The maximum atomic E-state index is 15.6. The molecule has 15 bridgehead atoms. The average Bonchev–Trinajstić information content (AvgIpc) is 1.57. The molecule has 10 N–H and O–H groups in total. The second-order valence-electron chi connectivity index (χ2n) is 27.6. The van der Waals surface area contributed by atoms with Crippen LogP contribution in [0.15, 0.2) is 111 Å². The summed E-state index contributed by atoms with van der Waals surface area (Å²) in [5.74, 6) is 7.07. The van der Waals surface area contributed by atoms with Crippen LogP contribution in [0.4, 0.5) is 0 Å². The van der Waals surface area contributed by atoms with E-state index in [-0.39, 0.29) is 65.3 Å². The number of benzene rings is 3. The monoisotopic (exact) mass is 1180 g/mol. The first-order chi connectivity index (χ1) is 42.0. The smallest absolute Gasteiger partial charge is 0.226 e. The summed E-state index contributed by atoms with van der Waals surface area (Å²) in [6, 6.07) is 12.7. The fourth-order valence-corrected chi connectivity index (χ4v) is 19.6. The first-order valence-corrected chi connectivity index (χ1v) is 31.6. The summed E-state index contributed by atoms with van der Waals surface area (Å²) in [6.07, 6.45) is 10.1. The lowest BCUT2D eigenvalue weighted by molar-refractivity contribution is -0.429. The average molecular weight is 1180 g/mol. The Morgan fingerprint density at radius 1 is 0.977 bits per heavy atom. The molecule has 1 amide bonds. The number of fused-ring (bicyclic) bond motifs is 7. The van der Waals surface area contributed by atoms with E-state index in [1.807, 2.05) is 12.1 Å². The molecule has 450 valence electrons. The molecule has 16 atom stereocenters. The van der Waals surface area contributed by atoms with Gasteiger partial charge in [0, 0.05) is 101 Å². The zero-order chi connectivity index (χ0) is 59.4. The number of aliphatic hydroxyl groups excluding tert-OH is 4. The summed E-state index contributed by atoms with van der Waals surface area (Å²) in [5, 5.41) is 93.0. The number of aromatic amines is 1. The maximum Gasteiger partial charge on any atom is 0.226 e. The molecule has 11 heterocycles. The number of allylic oxidation sites excluding steroid dienone is 3. The SMILES string of the molecule is CCc1c2cc3[nH]c2cn1-c1c2c(cc4c(=O)cc(C)oc14)CC1OOC4(C(O)(Cc5ccc(O)c6ccc(O)cc56)C(O)C(O)C(O)CO)C=C5CCCNC6C5=C(CC4)C4C5C(=CC6C14O2)C#CCC1CCC2(CC14C=CC3CC4)C(=O)NCC52. The molecule has 3 saturated heterocycles. The van der Waals surface area contributed by atoms with E-state index in [9.17, 15) is 40.5 Å². The van der Waals surface area contributed by atoms with E-state index in [4.69, 9.17) is 18.9 Å². The summed E-state index contributed by atoms with van der Waals surface area (Å²) in [6.45, 7) is 3.97. The fourth-order valence-electron chi connectivity index (χ4n) is 19.6. The van der Waals surface area contributed by atoms with Gasteiger partial charge in [-0.05, 0) is 159 Å². The number of nitrogens with zero attached hydrogens (tertiary/aromatic N) is 1. The number of nitrogens with one attached hydrogen (secondary N) is 3. The molecule has 17 heteroatoms. The fraction of sp³-hybridized carbons (Fsp3) is 0.486. The molecule has 8 aliphatic heterocycles.